The van der Waals surface area contributed by atoms with Crippen LogP contribution in [0.15, 0.2) is 0 Å². The van der Waals surface area contributed by atoms with E-state index in [2.05, 4.69) is 19.2 Å². The smallest absolute Gasteiger partial charge is 0.308 e. The third-order valence-electron chi connectivity index (χ3n) is 2.68. The molecular weight excluding hydrogens is 206 g/mol. The van der Waals surface area contributed by atoms with Crippen molar-refractivity contribution < 1.29 is 14.6 Å². The largest absolute Gasteiger partial charge is 0.466 e. The molecule has 0 saturated carbocycles. The molecule has 0 aromatic heterocycles. The van der Waals surface area contributed by atoms with Gasteiger partial charge in [0.25, 0.3) is 0 Å². The molecule has 1 atom stereocenters. The third kappa shape index (κ3) is 7.65. The second kappa shape index (κ2) is 9.60. The minimum atomic E-state index is -0.645. The van der Waals surface area contributed by atoms with Crippen molar-refractivity contribution in [1.82, 2.24) is 5.32 Å². The maximum Gasteiger partial charge on any atom is 0.308 e. The highest BCUT2D eigenvalue weighted by Gasteiger charge is 2.11. The molecule has 0 aliphatic rings. The predicted molar refractivity (Wildman–Crippen MR) is 64.2 cm³/mol. The molecule has 0 aliphatic carbocycles. The monoisotopic (exact) mass is 231 g/mol. The van der Waals surface area contributed by atoms with Gasteiger partial charge >= 0.3 is 5.97 Å². The predicted octanol–water partition coefficient (Wildman–Crippen LogP) is 1.33. The summed E-state index contributed by atoms with van der Waals surface area (Å²) in [6.07, 6.45) is 1.70. The molecule has 0 spiro atoms. The van der Waals surface area contributed by atoms with Crippen molar-refractivity contribution in [3.05, 3.63) is 0 Å². The van der Waals surface area contributed by atoms with Crippen molar-refractivity contribution in [2.75, 3.05) is 19.7 Å². The Morgan fingerprint density at radius 2 is 1.88 bits per heavy atom. The van der Waals surface area contributed by atoms with Gasteiger partial charge in [0.2, 0.25) is 0 Å². The van der Waals surface area contributed by atoms with E-state index in [1.54, 1.807) is 6.92 Å². The zero-order valence-corrected chi connectivity index (χ0v) is 10.7. The van der Waals surface area contributed by atoms with Gasteiger partial charge in [-0.15, -0.1) is 0 Å². The Bertz CT molecular complexity index is 181. The second-order valence-electron chi connectivity index (χ2n) is 4.00. The van der Waals surface area contributed by atoms with Crippen molar-refractivity contribution in [2.45, 2.75) is 46.1 Å². The average Bonchev–Trinajstić information content (AvgIpc) is 2.24. The summed E-state index contributed by atoms with van der Waals surface area (Å²) < 4.78 is 4.76. The minimum Gasteiger partial charge on any atom is -0.466 e. The SMILES string of the molecule is CCOC(=O)CC(O)CNCC(CC)CC. The summed E-state index contributed by atoms with van der Waals surface area (Å²) in [4.78, 5) is 11.1. The van der Waals surface area contributed by atoms with E-state index in [0.29, 0.717) is 19.1 Å². The lowest BCUT2D eigenvalue weighted by Crippen LogP contribution is -2.32. The molecule has 0 radical (unpaired) electrons. The maximum absolute atomic E-state index is 11.1. The first kappa shape index (κ1) is 15.4. The highest BCUT2D eigenvalue weighted by molar-refractivity contribution is 5.69. The van der Waals surface area contributed by atoms with Crippen LogP contribution in [0.5, 0.6) is 0 Å². The van der Waals surface area contributed by atoms with Crippen molar-refractivity contribution in [2.24, 2.45) is 5.92 Å². The van der Waals surface area contributed by atoms with Crippen LogP contribution in [0.3, 0.4) is 0 Å². The summed E-state index contributed by atoms with van der Waals surface area (Å²) in [5, 5.41) is 12.7. The van der Waals surface area contributed by atoms with Crippen LogP contribution in [-0.4, -0.2) is 36.9 Å². The number of hydrogen-bond acceptors (Lipinski definition) is 4. The van der Waals surface area contributed by atoms with E-state index < -0.39 is 6.10 Å². The number of nitrogens with one attached hydrogen (secondary N) is 1. The molecule has 4 heteroatoms. The van der Waals surface area contributed by atoms with Crippen molar-refractivity contribution in [3.63, 3.8) is 0 Å². The van der Waals surface area contributed by atoms with Gasteiger partial charge in [0.05, 0.1) is 19.1 Å². The molecule has 0 aromatic carbocycles. The van der Waals surface area contributed by atoms with Crippen LogP contribution in [0.2, 0.25) is 0 Å². The van der Waals surface area contributed by atoms with E-state index in [0.717, 1.165) is 19.4 Å². The van der Waals surface area contributed by atoms with E-state index in [1.807, 2.05) is 0 Å². The Balaban J connectivity index is 3.56. The van der Waals surface area contributed by atoms with Crippen molar-refractivity contribution >= 4 is 5.97 Å². The summed E-state index contributed by atoms with van der Waals surface area (Å²) in [5.74, 6) is 0.314. The van der Waals surface area contributed by atoms with Crippen LogP contribution in [0.4, 0.5) is 0 Å². The number of esters is 1. The van der Waals surface area contributed by atoms with Crippen molar-refractivity contribution in [3.8, 4) is 0 Å². The zero-order valence-electron chi connectivity index (χ0n) is 10.7. The molecule has 0 aliphatic heterocycles. The van der Waals surface area contributed by atoms with Gasteiger partial charge in [-0.1, -0.05) is 26.7 Å². The summed E-state index contributed by atoms with van der Waals surface area (Å²) in [5.41, 5.74) is 0. The molecule has 0 bridgehead atoms. The minimum absolute atomic E-state index is 0.0732. The topological polar surface area (TPSA) is 58.6 Å². The standard InChI is InChI=1S/C12H25NO3/c1-4-10(5-2)8-13-9-11(14)7-12(15)16-6-3/h10-11,13-14H,4-9H2,1-3H3. The van der Waals surface area contributed by atoms with Gasteiger partial charge in [0.15, 0.2) is 0 Å². The van der Waals surface area contributed by atoms with Crippen LogP contribution in [0.1, 0.15) is 40.0 Å². The average molecular weight is 231 g/mol. The normalized spacial score (nSPS) is 12.8. The van der Waals surface area contributed by atoms with Gasteiger partial charge in [0.1, 0.15) is 0 Å². The molecule has 1 unspecified atom stereocenters. The number of hydrogen-bond donors (Lipinski definition) is 2. The fourth-order valence-corrected chi connectivity index (χ4v) is 1.52. The number of carbonyl (C=O) groups is 1. The Morgan fingerprint density at radius 3 is 2.38 bits per heavy atom. The van der Waals surface area contributed by atoms with E-state index in [-0.39, 0.29) is 12.4 Å². The maximum atomic E-state index is 11.1. The van der Waals surface area contributed by atoms with E-state index in [9.17, 15) is 9.90 Å². The van der Waals surface area contributed by atoms with Gasteiger partial charge in [-0.2, -0.15) is 0 Å². The molecule has 0 saturated heterocycles. The number of rotatable bonds is 9. The summed E-state index contributed by atoms with van der Waals surface area (Å²) >= 11 is 0. The molecule has 0 rings (SSSR count). The summed E-state index contributed by atoms with van der Waals surface area (Å²) in [7, 11) is 0. The van der Waals surface area contributed by atoms with Gasteiger partial charge < -0.3 is 15.2 Å². The van der Waals surface area contributed by atoms with E-state index >= 15 is 0 Å². The molecule has 0 heterocycles. The molecule has 16 heavy (non-hydrogen) atoms. The number of aliphatic hydroxyl groups is 1. The van der Waals surface area contributed by atoms with Gasteiger partial charge in [-0.25, -0.2) is 0 Å². The Morgan fingerprint density at radius 1 is 1.25 bits per heavy atom. The lowest BCUT2D eigenvalue weighted by molar-refractivity contribution is -0.145. The van der Waals surface area contributed by atoms with Gasteiger partial charge in [0, 0.05) is 6.54 Å². The van der Waals surface area contributed by atoms with Gasteiger partial charge in [-0.05, 0) is 19.4 Å². The van der Waals surface area contributed by atoms with E-state index in [1.165, 1.54) is 0 Å². The number of carbonyl (C=O) groups excluding carboxylic acids is 1. The molecule has 0 fully saturated rings. The quantitative estimate of drug-likeness (QED) is 0.588. The molecule has 0 amide bonds. The molecular formula is C12H25NO3. The Kier molecular flexibility index (Phi) is 9.24. The first-order valence-corrected chi connectivity index (χ1v) is 6.18. The molecule has 2 N–H and O–H groups in total. The van der Waals surface area contributed by atoms with Gasteiger partial charge in [-0.3, -0.25) is 4.79 Å². The molecule has 0 aromatic rings. The molecule has 96 valence electrons. The van der Waals surface area contributed by atoms with Crippen molar-refractivity contribution in [1.29, 1.82) is 0 Å². The second-order valence-corrected chi connectivity index (χ2v) is 4.00. The highest BCUT2D eigenvalue weighted by atomic mass is 16.5. The fraction of sp³-hybridized carbons (Fsp3) is 0.917. The number of ether oxygens (including phenoxy) is 1. The van der Waals surface area contributed by atoms with Crippen LogP contribution >= 0.6 is 0 Å². The number of aliphatic hydroxyl groups excluding tert-OH is 1. The fourth-order valence-electron chi connectivity index (χ4n) is 1.52. The molecule has 4 nitrogen and oxygen atoms in total. The first-order valence-electron chi connectivity index (χ1n) is 6.18. The Labute approximate surface area is 98.4 Å². The lowest BCUT2D eigenvalue weighted by atomic mass is 10.0. The summed E-state index contributed by atoms with van der Waals surface area (Å²) in [6, 6.07) is 0. The highest BCUT2D eigenvalue weighted by Crippen LogP contribution is 2.05. The summed E-state index contributed by atoms with van der Waals surface area (Å²) in [6.45, 7) is 7.79. The van der Waals surface area contributed by atoms with E-state index in [4.69, 9.17) is 4.74 Å². The third-order valence-corrected chi connectivity index (χ3v) is 2.68. The van der Waals surface area contributed by atoms with Crippen LogP contribution < -0.4 is 5.32 Å². The first-order chi connectivity index (χ1) is 7.63. The Hall–Kier alpha value is -0.610. The van der Waals surface area contributed by atoms with Crippen LogP contribution in [-0.2, 0) is 9.53 Å². The van der Waals surface area contributed by atoms with Crippen LogP contribution in [0.25, 0.3) is 0 Å². The zero-order chi connectivity index (χ0) is 12.4. The van der Waals surface area contributed by atoms with Crippen LogP contribution in [0, 0.1) is 5.92 Å². The lowest BCUT2D eigenvalue weighted by Gasteiger charge is -2.15.